The maximum Gasteiger partial charge on any atom is 0.133 e. The molecule has 19 heavy (non-hydrogen) atoms. The van der Waals surface area contributed by atoms with Crippen LogP contribution in [0.15, 0.2) is 11.3 Å². The van der Waals surface area contributed by atoms with Gasteiger partial charge in [-0.15, -0.1) is 0 Å². The van der Waals surface area contributed by atoms with Gasteiger partial charge in [-0.3, -0.25) is 4.79 Å². The van der Waals surface area contributed by atoms with Gasteiger partial charge in [0.1, 0.15) is 5.78 Å². The van der Waals surface area contributed by atoms with Crippen molar-refractivity contribution in [2.45, 2.75) is 84.4 Å². The van der Waals surface area contributed by atoms with E-state index in [4.69, 9.17) is 0 Å². The molecule has 0 radical (unpaired) electrons. The number of rotatable bonds is 7. The number of carbonyl (C=O) groups excluding carboxylic acids is 1. The smallest absolute Gasteiger partial charge is 0.133 e. The van der Waals surface area contributed by atoms with Crippen LogP contribution in [0.4, 0.5) is 0 Å². The zero-order valence-electron chi connectivity index (χ0n) is 13.4. The number of Topliss-reactive ketones (excluding diaryl/α,β-unsaturated/α-hetero) is 1. The average molecular weight is 281 g/mol. The van der Waals surface area contributed by atoms with Gasteiger partial charge in [0.2, 0.25) is 0 Å². The lowest BCUT2D eigenvalue weighted by molar-refractivity contribution is -0.121. The monoisotopic (exact) mass is 280 g/mol. The minimum absolute atomic E-state index is 0.492. The Balaban J connectivity index is 2.63. The van der Waals surface area contributed by atoms with E-state index in [0.717, 1.165) is 19.3 Å². The first-order valence-corrected chi connectivity index (χ1v) is 11.7. The minimum atomic E-state index is -1.17. The van der Waals surface area contributed by atoms with Gasteiger partial charge in [-0.1, -0.05) is 57.1 Å². The summed E-state index contributed by atoms with van der Waals surface area (Å²) in [4.78, 5) is 11.7. The number of unbranched alkanes of at least 4 members (excludes halogenated alkanes) is 3. The molecule has 0 heterocycles. The maximum atomic E-state index is 11.7. The van der Waals surface area contributed by atoms with E-state index in [2.05, 4.69) is 32.3 Å². The molecule has 1 rings (SSSR count). The van der Waals surface area contributed by atoms with Crippen LogP contribution in [0.5, 0.6) is 0 Å². The lowest BCUT2D eigenvalue weighted by Gasteiger charge is -2.26. The van der Waals surface area contributed by atoms with Gasteiger partial charge in [-0.25, -0.2) is 0 Å². The number of carbonyl (C=O) groups is 1. The summed E-state index contributed by atoms with van der Waals surface area (Å²) in [5, 5.41) is 0. The van der Waals surface area contributed by atoms with Gasteiger partial charge in [0.15, 0.2) is 0 Å². The van der Waals surface area contributed by atoms with E-state index >= 15 is 0 Å². The summed E-state index contributed by atoms with van der Waals surface area (Å²) < 4.78 is 0. The van der Waals surface area contributed by atoms with Gasteiger partial charge < -0.3 is 0 Å². The lowest BCUT2D eigenvalue weighted by Crippen LogP contribution is -2.22. The van der Waals surface area contributed by atoms with Gasteiger partial charge in [-0.2, -0.15) is 0 Å². The summed E-state index contributed by atoms with van der Waals surface area (Å²) in [6, 6.07) is 0. The molecule has 1 aliphatic carbocycles. The molecular formula is C17H32OSi. The largest absolute Gasteiger partial charge is 0.300 e. The van der Waals surface area contributed by atoms with Crippen LogP contribution in [0.2, 0.25) is 19.6 Å². The first kappa shape index (κ1) is 16.7. The highest BCUT2D eigenvalue weighted by molar-refractivity contribution is 6.81. The molecule has 0 N–H and O–H groups in total. The lowest BCUT2D eigenvalue weighted by atomic mass is 9.82. The molecule has 0 saturated heterocycles. The van der Waals surface area contributed by atoms with E-state index in [9.17, 15) is 4.79 Å². The van der Waals surface area contributed by atoms with Crippen molar-refractivity contribution in [1.29, 1.82) is 0 Å². The van der Waals surface area contributed by atoms with Crippen LogP contribution in [-0.4, -0.2) is 13.9 Å². The number of allylic oxidation sites excluding steroid dienone is 1. The van der Waals surface area contributed by atoms with Crippen molar-refractivity contribution in [3.8, 4) is 0 Å². The number of ketones is 1. The van der Waals surface area contributed by atoms with Crippen LogP contribution in [0.3, 0.4) is 0 Å². The molecule has 1 unspecified atom stereocenters. The van der Waals surface area contributed by atoms with Crippen molar-refractivity contribution in [2.75, 3.05) is 0 Å². The first-order valence-electron chi connectivity index (χ1n) is 8.15. The Labute approximate surface area is 120 Å². The van der Waals surface area contributed by atoms with E-state index < -0.39 is 8.07 Å². The number of hydrogen-bond acceptors (Lipinski definition) is 1. The SMILES string of the molecule is CCCCCC/C(=C\[Si](C)(C)C)C1CCCC(=O)C1. The van der Waals surface area contributed by atoms with Crippen molar-refractivity contribution >= 4 is 13.9 Å². The van der Waals surface area contributed by atoms with Gasteiger partial charge in [0.05, 0.1) is 8.07 Å². The molecule has 0 amide bonds. The van der Waals surface area contributed by atoms with Crippen LogP contribution in [0.25, 0.3) is 0 Å². The molecule has 0 aliphatic heterocycles. The molecule has 1 nitrogen and oxygen atoms in total. The highest BCUT2D eigenvalue weighted by atomic mass is 28.3. The summed E-state index contributed by atoms with van der Waals surface area (Å²) in [5.74, 6) is 1.07. The van der Waals surface area contributed by atoms with E-state index in [1.165, 1.54) is 38.5 Å². The fourth-order valence-electron chi connectivity index (χ4n) is 3.05. The molecule has 1 saturated carbocycles. The van der Waals surface area contributed by atoms with Crippen molar-refractivity contribution in [3.63, 3.8) is 0 Å². The van der Waals surface area contributed by atoms with Crippen LogP contribution in [0, 0.1) is 5.92 Å². The third kappa shape index (κ3) is 7.10. The fourth-order valence-corrected chi connectivity index (χ4v) is 4.54. The minimum Gasteiger partial charge on any atom is -0.300 e. The Bertz CT molecular complexity index is 312. The molecule has 1 aliphatic rings. The third-order valence-corrected chi connectivity index (χ3v) is 5.18. The summed E-state index contributed by atoms with van der Waals surface area (Å²) >= 11 is 0. The average Bonchev–Trinajstić information content (AvgIpc) is 2.32. The topological polar surface area (TPSA) is 17.1 Å². The second kappa shape index (κ2) is 8.03. The summed E-state index contributed by atoms with van der Waals surface area (Å²) in [6.45, 7) is 9.48. The normalized spacial score (nSPS) is 21.8. The Hall–Kier alpha value is -0.373. The molecule has 2 heteroatoms. The summed E-state index contributed by atoms with van der Waals surface area (Å²) in [7, 11) is -1.17. The summed E-state index contributed by atoms with van der Waals surface area (Å²) in [5.41, 5.74) is 4.21. The summed E-state index contributed by atoms with van der Waals surface area (Å²) in [6.07, 6.45) is 10.6. The molecule has 0 aromatic carbocycles. The van der Waals surface area contributed by atoms with E-state index in [-0.39, 0.29) is 0 Å². The zero-order chi connectivity index (χ0) is 14.3. The Morgan fingerprint density at radius 2 is 2.00 bits per heavy atom. The van der Waals surface area contributed by atoms with E-state index in [1.54, 1.807) is 5.57 Å². The van der Waals surface area contributed by atoms with Crippen molar-refractivity contribution < 1.29 is 4.79 Å². The van der Waals surface area contributed by atoms with Gasteiger partial charge in [-0.05, 0) is 31.6 Å². The predicted octanol–water partition coefficient (Wildman–Crippen LogP) is 5.52. The van der Waals surface area contributed by atoms with Crippen molar-refractivity contribution in [2.24, 2.45) is 5.92 Å². The Morgan fingerprint density at radius 3 is 2.58 bits per heavy atom. The molecule has 110 valence electrons. The fraction of sp³-hybridized carbons (Fsp3) is 0.824. The van der Waals surface area contributed by atoms with Crippen LogP contribution in [0.1, 0.15) is 64.7 Å². The maximum absolute atomic E-state index is 11.7. The first-order chi connectivity index (χ1) is 8.92. The Kier molecular flexibility index (Phi) is 7.05. The van der Waals surface area contributed by atoms with Crippen molar-refractivity contribution in [3.05, 3.63) is 11.3 Å². The molecule has 0 bridgehead atoms. The molecule has 1 fully saturated rings. The molecule has 0 aromatic rings. The number of hydrogen-bond donors (Lipinski definition) is 0. The quantitative estimate of drug-likeness (QED) is 0.443. The van der Waals surface area contributed by atoms with Gasteiger partial charge >= 0.3 is 0 Å². The highest BCUT2D eigenvalue weighted by Gasteiger charge is 2.24. The van der Waals surface area contributed by atoms with E-state index in [1.807, 2.05) is 0 Å². The highest BCUT2D eigenvalue weighted by Crippen LogP contribution is 2.32. The second-order valence-electron chi connectivity index (χ2n) is 7.23. The second-order valence-corrected chi connectivity index (χ2v) is 12.2. The Morgan fingerprint density at radius 1 is 1.26 bits per heavy atom. The standard InChI is InChI=1S/C17H32OSi/c1-5-6-7-8-10-16(14-19(2,3)4)15-11-9-12-17(18)13-15/h14-15H,5-13H2,1-4H3/b16-14+. The molecule has 1 atom stereocenters. The molecule has 0 spiro atoms. The van der Waals surface area contributed by atoms with Crippen molar-refractivity contribution in [1.82, 2.24) is 0 Å². The van der Waals surface area contributed by atoms with E-state index in [0.29, 0.717) is 11.7 Å². The predicted molar refractivity (Wildman–Crippen MR) is 87.2 cm³/mol. The third-order valence-electron chi connectivity index (χ3n) is 3.94. The molecule has 0 aromatic heterocycles. The van der Waals surface area contributed by atoms with Crippen LogP contribution < -0.4 is 0 Å². The van der Waals surface area contributed by atoms with Gasteiger partial charge in [0.25, 0.3) is 0 Å². The van der Waals surface area contributed by atoms with Gasteiger partial charge in [0, 0.05) is 12.8 Å². The molecular weight excluding hydrogens is 248 g/mol. The zero-order valence-corrected chi connectivity index (χ0v) is 14.4. The van der Waals surface area contributed by atoms with Crippen LogP contribution >= 0.6 is 0 Å². The van der Waals surface area contributed by atoms with Crippen LogP contribution in [-0.2, 0) is 4.79 Å².